The quantitative estimate of drug-likeness (QED) is 0.826. The second-order valence-corrected chi connectivity index (χ2v) is 3.94. The minimum atomic E-state index is -0.139. The average Bonchev–Trinajstić information content (AvgIpc) is 2.31. The van der Waals surface area contributed by atoms with Gasteiger partial charge < -0.3 is 5.32 Å². The number of aryl methyl sites for hydroxylation is 1. The molecule has 0 unspecified atom stereocenters. The molecule has 0 saturated carbocycles. The van der Waals surface area contributed by atoms with Crippen LogP contribution >= 0.6 is 0 Å². The standard InChI is InChI=1S/C12H19N3O/c1-4-10(5-2)7-15-12(16)11-8-13-9(3)6-14-11/h6,8,10H,4-5,7H2,1-3H3,(H,15,16). The van der Waals surface area contributed by atoms with Crippen LogP contribution in [-0.2, 0) is 0 Å². The highest BCUT2D eigenvalue weighted by atomic mass is 16.1. The maximum absolute atomic E-state index is 11.7. The summed E-state index contributed by atoms with van der Waals surface area (Å²) < 4.78 is 0. The number of rotatable bonds is 5. The molecule has 0 atom stereocenters. The van der Waals surface area contributed by atoms with Crippen LogP contribution in [-0.4, -0.2) is 22.4 Å². The lowest BCUT2D eigenvalue weighted by Gasteiger charge is -2.12. The number of nitrogens with zero attached hydrogens (tertiary/aromatic N) is 2. The molecule has 1 rings (SSSR count). The van der Waals surface area contributed by atoms with Gasteiger partial charge in [0.25, 0.3) is 5.91 Å². The second-order valence-electron chi connectivity index (χ2n) is 3.94. The monoisotopic (exact) mass is 221 g/mol. The fraction of sp³-hybridized carbons (Fsp3) is 0.583. The summed E-state index contributed by atoms with van der Waals surface area (Å²) in [4.78, 5) is 19.8. The molecule has 0 spiro atoms. The highest BCUT2D eigenvalue weighted by Gasteiger charge is 2.09. The van der Waals surface area contributed by atoms with Gasteiger partial charge in [-0.3, -0.25) is 9.78 Å². The summed E-state index contributed by atoms with van der Waals surface area (Å²) in [6.45, 7) is 6.82. The number of nitrogens with one attached hydrogen (secondary N) is 1. The van der Waals surface area contributed by atoms with Crippen molar-refractivity contribution < 1.29 is 4.79 Å². The lowest BCUT2D eigenvalue weighted by Crippen LogP contribution is -2.29. The Labute approximate surface area is 96.5 Å². The predicted molar refractivity (Wildman–Crippen MR) is 63.2 cm³/mol. The molecule has 1 aromatic heterocycles. The number of hydrogen-bond donors (Lipinski definition) is 1. The lowest BCUT2D eigenvalue weighted by atomic mass is 10.0. The van der Waals surface area contributed by atoms with Crippen LogP contribution in [0.4, 0.5) is 0 Å². The number of aromatic nitrogens is 2. The number of hydrogen-bond acceptors (Lipinski definition) is 3. The van der Waals surface area contributed by atoms with Crippen LogP contribution in [0, 0.1) is 12.8 Å². The van der Waals surface area contributed by atoms with Gasteiger partial charge in [0.05, 0.1) is 11.9 Å². The summed E-state index contributed by atoms with van der Waals surface area (Å²) in [6, 6.07) is 0. The van der Waals surface area contributed by atoms with Crippen LogP contribution in [0.3, 0.4) is 0 Å². The van der Waals surface area contributed by atoms with E-state index in [4.69, 9.17) is 0 Å². The third-order valence-electron chi connectivity index (χ3n) is 2.72. The first-order valence-corrected chi connectivity index (χ1v) is 5.74. The van der Waals surface area contributed by atoms with E-state index >= 15 is 0 Å². The van der Waals surface area contributed by atoms with Crippen LogP contribution in [0.25, 0.3) is 0 Å². The van der Waals surface area contributed by atoms with Crippen molar-refractivity contribution in [3.05, 3.63) is 23.8 Å². The normalized spacial score (nSPS) is 10.5. The zero-order valence-electron chi connectivity index (χ0n) is 10.2. The third kappa shape index (κ3) is 3.61. The second kappa shape index (κ2) is 6.20. The zero-order chi connectivity index (χ0) is 12.0. The van der Waals surface area contributed by atoms with Gasteiger partial charge in [-0.25, -0.2) is 4.98 Å². The molecule has 4 nitrogen and oxygen atoms in total. The largest absolute Gasteiger partial charge is 0.350 e. The van der Waals surface area contributed by atoms with Gasteiger partial charge in [-0.05, 0) is 12.8 Å². The Morgan fingerprint density at radius 3 is 2.50 bits per heavy atom. The van der Waals surface area contributed by atoms with Crippen molar-refractivity contribution in [2.75, 3.05) is 6.54 Å². The molecule has 0 radical (unpaired) electrons. The van der Waals surface area contributed by atoms with Crippen molar-refractivity contribution >= 4 is 5.91 Å². The molecule has 4 heteroatoms. The van der Waals surface area contributed by atoms with Gasteiger partial charge in [0.1, 0.15) is 5.69 Å². The van der Waals surface area contributed by atoms with Crippen molar-refractivity contribution in [2.24, 2.45) is 5.92 Å². The molecule has 0 aromatic carbocycles. The van der Waals surface area contributed by atoms with Crippen molar-refractivity contribution in [3.8, 4) is 0 Å². The Bertz CT molecular complexity index is 331. The maximum Gasteiger partial charge on any atom is 0.271 e. The van der Waals surface area contributed by atoms with E-state index in [0.29, 0.717) is 18.2 Å². The molecule has 0 saturated heterocycles. The van der Waals surface area contributed by atoms with E-state index in [1.165, 1.54) is 6.20 Å². The Hall–Kier alpha value is -1.45. The first kappa shape index (κ1) is 12.6. The molecule has 1 amide bonds. The van der Waals surface area contributed by atoms with E-state index in [1.807, 2.05) is 6.92 Å². The number of amides is 1. The summed E-state index contributed by atoms with van der Waals surface area (Å²) >= 11 is 0. The molecule has 0 fully saturated rings. The van der Waals surface area contributed by atoms with Crippen molar-refractivity contribution in [3.63, 3.8) is 0 Å². The first-order chi connectivity index (χ1) is 7.67. The van der Waals surface area contributed by atoms with E-state index in [0.717, 1.165) is 18.5 Å². The van der Waals surface area contributed by atoms with E-state index in [1.54, 1.807) is 6.20 Å². The molecule has 16 heavy (non-hydrogen) atoms. The third-order valence-corrected chi connectivity index (χ3v) is 2.72. The molecule has 88 valence electrons. The zero-order valence-corrected chi connectivity index (χ0v) is 10.2. The maximum atomic E-state index is 11.7. The summed E-state index contributed by atoms with van der Waals surface area (Å²) in [5.41, 5.74) is 1.20. The highest BCUT2D eigenvalue weighted by Crippen LogP contribution is 2.05. The van der Waals surface area contributed by atoms with E-state index in [9.17, 15) is 4.79 Å². The van der Waals surface area contributed by atoms with Gasteiger partial charge in [-0.15, -0.1) is 0 Å². The molecule has 1 heterocycles. The van der Waals surface area contributed by atoms with Crippen LogP contribution in [0.15, 0.2) is 12.4 Å². The fourth-order valence-electron chi connectivity index (χ4n) is 1.41. The van der Waals surface area contributed by atoms with Crippen molar-refractivity contribution in [1.29, 1.82) is 0 Å². The summed E-state index contributed by atoms with van der Waals surface area (Å²) in [7, 11) is 0. The smallest absolute Gasteiger partial charge is 0.271 e. The summed E-state index contributed by atoms with van der Waals surface area (Å²) in [5.74, 6) is 0.404. The van der Waals surface area contributed by atoms with Crippen LogP contribution in [0.1, 0.15) is 42.9 Å². The van der Waals surface area contributed by atoms with E-state index in [2.05, 4.69) is 29.1 Å². The Kier molecular flexibility index (Phi) is 4.89. The van der Waals surface area contributed by atoms with Gasteiger partial charge in [0.15, 0.2) is 0 Å². The minimum absolute atomic E-state index is 0.139. The van der Waals surface area contributed by atoms with Crippen LogP contribution in [0.5, 0.6) is 0 Å². The van der Waals surface area contributed by atoms with Crippen LogP contribution in [0.2, 0.25) is 0 Å². The Morgan fingerprint density at radius 2 is 2.00 bits per heavy atom. The molecular weight excluding hydrogens is 202 g/mol. The number of carbonyl (C=O) groups is 1. The minimum Gasteiger partial charge on any atom is -0.350 e. The first-order valence-electron chi connectivity index (χ1n) is 5.74. The van der Waals surface area contributed by atoms with Gasteiger partial charge in [0.2, 0.25) is 0 Å². The van der Waals surface area contributed by atoms with Gasteiger partial charge in [-0.1, -0.05) is 26.7 Å². The SMILES string of the molecule is CCC(CC)CNC(=O)c1cnc(C)cn1. The predicted octanol–water partition coefficient (Wildman–Crippen LogP) is 1.95. The fourth-order valence-corrected chi connectivity index (χ4v) is 1.41. The molecule has 0 aliphatic carbocycles. The molecule has 1 aromatic rings. The van der Waals surface area contributed by atoms with E-state index in [-0.39, 0.29) is 5.91 Å². The molecule has 0 aliphatic rings. The Balaban J connectivity index is 2.49. The Morgan fingerprint density at radius 1 is 1.31 bits per heavy atom. The van der Waals surface area contributed by atoms with Crippen molar-refractivity contribution in [2.45, 2.75) is 33.6 Å². The lowest BCUT2D eigenvalue weighted by molar-refractivity contribution is 0.0941. The summed E-state index contributed by atoms with van der Waals surface area (Å²) in [5, 5.41) is 2.88. The topological polar surface area (TPSA) is 54.9 Å². The molecule has 0 aliphatic heterocycles. The molecule has 0 bridgehead atoms. The highest BCUT2D eigenvalue weighted by molar-refractivity contribution is 5.91. The number of carbonyl (C=O) groups excluding carboxylic acids is 1. The molecule has 1 N–H and O–H groups in total. The molecular formula is C12H19N3O. The van der Waals surface area contributed by atoms with Gasteiger partial charge in [0, 0.05) is 12.7 Å². The van der Waals surface area contributed by atoms with Gasteiger partial charge >= 0.3 is 0 Å². The van der Waals surface area contributed by atoms with Gasteiger partial charge in [-0.2, -0.15) is 0 Å². The van der Waals surface area contributed by atoms with Crippen LogP contribution < -0.4 is 5.32 Å². The van der Waals surface area contributed by atoms with Crippen molar-refractivity contribution in [1.82, 2.24) is 15.3 Å². The summed E-state index contributed by atoms with van der Waals surface area (Å²) in [6.07, 6.45) is 5.27. The van der Waals surface area contributed by atoms with E-state index < -0.39 is 0 Å². The average molecular weight is 221 g/mol.